The first kappa shape index (κ1) is 9.91. The van der Waals surface area contributed by atoms with Crippen LogP contribution in [0.5, 0.6) is 0 Å². The molecule has 0 aliphatic heterocycles. The Hall–Kier alpha value is -1.28. The fourth-order valence-corrected chi connectivity index (χ4v) is 2.72. The van der Waals surface area contributed by atoms with Crippen molar-refractivity contribution in [2.24, 2.45) is 0 Å². The molecule has 84 valence electrons. The summed E-state index contributed by atoms with van der Waals surface area (Å²) in [5, 5.41) is 12.3. The highest BCUT2D eigenvalue weighted by molar-refractivity contribution is 5.82. The smallest absolute Gasteiger partial charge is 0.0560 e. The van der Waals surface area contributed by atoms with E-state index < -0.39 is 0 Å². The first-order valence-electron chi connectivity index (χ1n) is 6.07. The number of hydrogen-bond acceptors (Lipinski definition) is 1. The van der Waals surface area contributed by atoms with E-state index in [2.05, 4.69) is 41.2 Å². The molecule has 1 aliphatic rings. The highest BCUT2D eigenvalue weighted by Gasteiger charge is 2.21. The number of benzene rings is 1. The third-order valence-corrected chi connectivity index (χ3v) is 3.61. The Kier molecular flexibility index (Phi) is 2.44. The van der Waals surface area contributed by atoms with Gasteiger partial charge in [-0.15, -0.1) is 0 Å². The van der Waals surface area contributed by atoms with E-state index in [9.17, 15) is 5.11 Å². The maximum atomic E-state index is 9.70. The normalized spacial score (nSPS) is 26.1. The van der Waals surface area contributed by atoms with E-state index in [1.54, 1.807) is 0 Å². The molecule has 1 saturated carbocycles. The summed E-state index contributed by atoms with van der Waals surface area (Å²) < 4.78 is 2.28. The third-order valence-electron chi connectivity index (χ3n) is 3.61. The molecule has 1 aromatic heterocycles. The summed E-state index contributed by atoms with van der Waals surface area (Å²) in [5.41, 5.74) is 0. The van der Waals surface area contributed by atoms with Crippen molar-refractivity contribution < 1.29 is 5.11 Å². The molecule has 1 fully saturated rings. The molecular weight excluding hydrogens is 198 g/mol. The van der Waals surface area contributed by atoms with Crippen molar-refractivity contribution in [2.75, 3.05) is 0 Å². The first-order valence-corrected chi connectivity index (χ1v) is 6.07. The Morgan fingerprint density at radius 2 is 1.75 bits per heavy atom. The fraction of sp³-hybridized carbons (Fsp3) is 0.429. The van der Waals surface area contributed by atoms with Gasteiger partial charge in [-0.3, -0.25) is 0 Å². The molecular formula is C14H17NO. The van der Waals surface area contributed by atoms with Gasteiger partial charge in [0.05, 0.1) is 6.10 Å². The summed E-state index contributed by atoms with van der Waals surface area (Å²) in [5.74, 6) is 0. The van der Waals surface area contributed by atoms with Crippen LogP contribution in [0.3, 0.4) is 0 Å². The van der Waals surface area contributed by atoms with Gasteiger partial charge in [0.1, 0.15) is 0 Å². The third kappa shape index (κ3) is 1.74. The van der Waals surface area contributed by atoms with Gasteiger partial charge in [-0.25, -0.2) is 0 Å². The lowest BCUT2D eigenvalue weighted by molar-refractivity contribution is 0.104. The Bertz CT molecular complexity index is 455. The van der Waals surface area contributed by atoms with E-state index in [4.69, 9.17) is 0 Å². The van der Waals surface area contributed by atoms with Crippen LogP contribution in [-0.2, 0) is 0 Å². The lowest BCUT2D eigenvalue weighted by Gasteiger charge is -2.27. The van der Waals surface area contributed by atoms with Gasteiger partial charge in [0.2, 0.25) is 0 Å². The van der Waals surface area contributed by atoms with Crippen LogP contribution in [0, 0.1) is 0 Å². The van der Waals surface area contributed by atoms with Crippen LogP contribution in [0.4, 0.5) is 0 Å². The van der Waals surface area contributed by atoms with Gasteiger partial charge in [-0.1, -0.05) is 24.3 Å². The summed E-state index contributed by atoms with van der Waals surface area (Å²) >= 11 is 0. The van der Waals surface area contributed by atoms with E-state index >= 15 is 0 Å². The molecule has 2 nitrogen and oxygen atoms in total. The highest BCUT2D eigenvalue weighted by atomic mass is 16.3. The Labute approximate surface area is 95.5 Å². The number of fused-ring (bicyclic) bond motifs is 1. The minimum Gasteiger partial charge on any atom is -0.393 e. The largest absolute Gasteiger partial charge is 0.393 e. The van der Waals surface area contributed by atoms with Crippen molar-refractivity contribution in [3.8, 4) is 0 Å². The maximum Gasteiger partial charge on any atom is 0.0560 e. The Morgan fingerprint density at radius 1 is 1.06 bits per heavy atom. The van der Waals surface area contributed by atoms with Crippen molar-refractivity contribution in [1.29, 1.82) is 0 Å². The molecule has 2 unspecified atom stereocenters. The summed E-state index contributed by atoms with van der Waals surface area (Å²) in [4.78, 5) is 0. The molecule has 2 heteroatoms. The lowest BCUT2D eigenvalue weighted by Crippen LogP contribution is -2.21. The summed E-state index contributed by atoms with van der Waals surface area (Å²) in [6.07, 6.45) is 8.51. The predicted molar refractivity (Wildman–Crippen MR) is 65.4 cm³/mol. The number of hydrogen-bond donors (Lipinski definition) is 1. The second-order valence-corrected chi connectivity index (χ2v) is 4.81. The van der Waals surface area contributed by atoms with Gasteiger partial charge in [-0.05, 0) is 36.5 Å². The molecule has 1 N–H and O–H groups in total. The van der Waals surface area contributed by atoms with Crippen LogP contribution >= 0.6 is 0 Å². The van der Waals surface area contributed by atoms with Crippen LogP contribution in [-0.4, -0.2) is 15.8 Å². The molecule has 0 bridgehead atoms. The van der Waals surface area contributed by atoms with E-state index in [1.807, 2.05) is 0 Å². The molecule has 0 spiro atoms. The molecule has 16 heavy (non-hydrogen) atoms. The zero-order valence-electron chi connectivity index (χ0n) is 9.34. The Balaban J connectivity index is 1.93. The van der Waals surface area contributed by atoms with Crippen molar-refractivity contribution in [1.82, 2.24) is 4.57 Å². The second kappa shape index (κ2) is 3.95. The first-order chi connectivity index (χ1) is 7.83. The second-order valence-electron chi connectivity index (χ2n) is 4.81. The van der Waals surface area contributed by atoms with Gasteiger partial charge < -0.3 is 9.67 Å². The fourth-order valence-electron chi connectivity index (χ4n) is 2.72. The van der Waals surface area contributed by atoms with Gasteiger partial charge >= 0.3 is 0 Å². The standard InChI is InChI=1S/C14H17NO/c16-14-7-3-6-13(8-14)15-9-11-4-1-2-5-12(11)10-15/h1-2,4-5,9-10,13-14,16H,3,6-8H2. The summed E-state index contributed by atoms with van der Waals surface area (Å²) in [6, 6.07) is 8.91. The van der Waals surface area contributed by atoms with Crippen LogP contribution in [0.15, 0.2) is 36.7 Å². The topological polar surface area (TPSA) is 25.2 Å². The summed E-state index contributed by atoms with van der Waals surface area (Å²) in [6.45, 7) is 0. The molecule has 1 aromatic carbocycles. The molecule has 0 saturated heterocycles. The SMILES string of the molecule is OC1CCCC(n2cc3ccccc3c2)C1. The molecule has 1 aliphatic carbocycles. The Morgan fingerprint density at radius 3 is 2.38 bits per heavy atom. The monoisotopic (exact) mass is 215 g/mol. The number of aliphatic hydroxyl groups is 1. The van der Waals surface area contributed by atoms with Crippen molar-refractivity contribution in [3.63, 3.8) is 0 Å². The van der Waals surface area contributed by atoms with Gasteiger partial charge in [-0.2, -0.15) is 0 Å². The maximum absolute atomic E-state index is 9.70. The molecule has 2 aromatic rings. The van der Waals surface area contributed by atoms with Crippen molar-refractivity contribution in [2.45, 2.75) is 37.8 Å². The van der Waals surface area contributed by atoms with Gasteiger partial charge in [0, 0.05) is 18.4 Å². The molecule has 1 heterocycles. The van der Waals surface area contributed by atoms with Crippen LogP contribution in [0.1, 0.15) is 31.7 Å². The quantitative estimate of drug-likeness (QED) is 0.776. The number of aliphatic hydroxyl groups excluding tert-OH is 1. The zero-order valence-corrected chi connectivity index (χ0v) is 9.34. The van der Waals surface area contributed by atoms with E-state index in [0.29, 0.717) is 6.04 Å². The minimum atomic E-state index is -0.107. The van der Waals surface area contributed by atoms with E-state index in [-0.39, 0.29) is 6.10 Å². The van der Waals surface area contributed by atoms with Crippen LogP contribution in [0.25, 0.3) is 10.8 Å². The molecule has 0 radical (unpaired) electrons. The lowest BCUT2D eigenvalue weighted by atomic mass is 9.93. The average Bonchev–Trinajstić information content (AvgIpc) is 2.72. The molecule has 2 atom stereocenters. The van der Waals surface area contributed by atoms with Crippen molar-refractivity contribution >= 4 is 10.8 Å². The van der Waals surface area contributed by atoms with Gasteiger partial charge in [0.25, 0.3) is 0 Å². The molecule has 3 rings (SSSR count). The van der Waals surface area contributed by atoms with Crippen LogP contribution in [0.2, 0.25) is 0 Å². The van der Waals surface area contributed by atoms with E-state index in [1.165, 1.54) is 17.2 Å². The molecule has 0 amide bonds. The van der Waals surface area contributed by atoms with E-state index in [0.717, 1.165) is 19.3 Å². The average molecular weight is 215 g/mol. The number of nitrogens with zero attached hydrogens (tertiary/aromatic N) is 1. The predicted octanol–water partition coefficient (Wildman–Crippen LogP) is 3.12. The van der Waals surface area contributed by atoms with Gasteiger partial charge in [0.15, 0.2) is 0 Å². The minimum absolute atomic E-state index is 0.107. The zero-order chi connectivity index (χ0) is 11.0. The van der Waals surface area contributed by atoms with Crippen LogP contribution < -0.4 is 0 Å². The highest BCUT2D eigenvalue weighted by Crippen LogP contribution is 2.30. The summed E-state index contributed by atoms with van der Waals surface area (Å²) in [7, 11) is 0. The van der Waals surface area contributed by atoms with Crippen molar-refractivity contribution in [3.05, 3.63) is 36.7 Å². The number of aromatic nitrogens is 1. The number of rotatable bonds is 1.